The van der Waals surface area contributed by atoms with E-state index >= 15 is 0 Å². The van der Waals surface area contributed by atoms with Crippen molar-refractivity contribution in [2.24, 2.45) is 0 Å². The van der Waals surface area contributed by atoms with Crippen LogP contribution in [-0.2, 0) is 14.3 Å². The van der Waals surface area contributed by atoms with Crippen LogP contribution in [0.4, 0.5) is 0 Å². The summed E-state index contributed by atoms with van der Waals surface area (Å²) in [5.41, 5.74) is 0. The highest BCUT2D eigenvalue weighted by Crippen LogP contribution is 2.19. The van der Waals surface area contributed by atoms with Gasteiger partial charge in [-0.2, -0.15) is 0 Å². The van der Waals surface area contributed by atoms with Gasteiger partial charge in [-0.1, -0.05) is 341 Å². The molecule has 1 amide bonds. The zero-order valence-corrected chi connectivity index (χ0v) is 48.9. The Bertz CT molecular complexity index is 1080. The number of hydrogen-bond donors (Lipinski definition) is 3. The molecule has 0 aliphatic carbocycles. The second-order valence-electron chi connectivity index (χ2n) is 22.8. The summed E-state index contributed by atoms with van der Waals surface area (Å²) in [7, 11) is 0. The molecule has 0 aromatic carbocycles. The average Bonchev–Trinajstić information content (AvgIpc) is 3.38. The summed E-state index contributed by atoms with van der Waals surface area (Å²) in [5.74, 6) is -0.0431. The van der Waals surface area contributed by atoms with E-state index in [4.69, 9.17) is 4.74 Å². The van der Waals surface area contributed by atoms with Gasteiger partial charge in [-0.05, 0) is 32.1 Å². The Kier molecular flexibility index (Phi) is 60.9. The van der Waals surface area contributed by atoms with Crippen LogP contribution in [0.25, 0.3) is 0 Å². The first-order valence-corrected chi connectivity index (χ1v) is 33.0. The molecule has 72 heavy (non-hydrogen) atoms. The standard InChI is InChI=1S/C66H129NO5/c1-3-5-7-9-11-13-15-17-18-29-33-36-40-44-48-52-56-60-66(71)72-61-57-53-49-45-41-37-34-31-28-26-24-22-20-19-21-23-25-27-30-32-35-39-43-47-51-55-59-65(70)67-63(62-68)64(69)58-54-50-46-42-38-16-14-12-10-8-6-4-2/h54,58,63-64,68-69H,3-53,55-57,59-62H2,1-2H3,(H,67,70)/b58-54+. The van der Waals surface area contributed by atoms with E-state index in [-0.39, 0.29) is 18.5 Å². The molecule has 0 aliphatic heterocycles. The Morgan fingerprint density at radius 1 is 0.375 bits per heavy atom. The summed E-state index contributed by atoms with van der Waals surface area (Å²) in [6.07, 6.45) is 75.6. The quantitative estimate of drug-likeness (QED) is 0.0320. The second-order valence-corrected chi connectivity index (χ2v) is 22.8. The number of carbonyl (C=O) groups excluding carboxylic acids is 2. The Morgan fingerprint density at radius 2 is 0.639 bits per heavy atom. The molecule has 0 saturated heterocycles. The molecule has 0 heterocycles. The van der Waals surface area contributed by atoms with E-state index in [1.54, 1.807) is 6.08 Å². The van der Waals surface area contributed by atoms with E-state index in [2.05, 4.69) is 19.2 Å². The van der Waals surface area contributed by atoms with Crippen molar-refractivity contribution >= 4 is 11.9 Å². The molecule has 0 aromatic heterocycles. The van der Waals surface area contributed by atoms with Crippen LogP contribution in [0.3, 0.4) is 0 Å². The largest absolute Gasteiger partial charge is 0.466 e. The number of carbonyl (C=O) groups is 2. The molecule has 2 unspecified atom stereocenters. The van der Waals surface area contributed by atoms with E-state index in [1.165, 1.54) is 308 Å². The lowest BCUT2D eigenvalue weighted by atomic mass is 10.0. The van der Waals surface area contributed by atoms with Crippen molar-refractivity contribution in [1.82, 2.24) is 5.32 Å². The molecule has 0 radical (unpaired) electrons. The van der Waals surface area contributed by atoms with Gasteiger partial charge in [-0.15, -0.1) is 0 Å². The third kappa shape index (κ3) is 57.9. The number of unbranched alkanes of at least 4 members (excludes halogenated alkanes) is 51. The van der Waals surface area contributed by atoms with Crippen molar-refractivity contribution in [3.05, 3.63) is 12.2 Å². The van der Waals surface area contributed by atoms with Crippen molar-refractivity contribution in [3.63, 3.8) is 0 Å². The van der Waals surface area contributed by atoms with Crippen LogP contribution in [0.5, 0.6) is 0 Å². The number of amides is 1. The minimum absolute atomic E-state index is 0.0215. The number of allylic oxidation sites excluding steroid dienone is 1. The monoisotopic (exact) mass is 1020 g/mol. The summed E-state index contributed by atoms with van der Waals surface area (Å²) in [6, 6.07) is -0.624. The van der Waals surface area contributed by atoms with Crippen LogP contribution in [0.2, 0.25) is 0 Å². The van der Waals surface area contributed by atoms with Gasteiger partial charge < -0.3 is 20.3 Å². The Hall–Kier alpha value is -1.40. The third-order valence-electron chi connectivity index (χ3n) is 15.6. The molecule has 6 nitrogen and oxygen atoms in total. The van der Waals surface area contributed by atoms with E-state index in [1.807, 2.05) is 6.08 Å². The first-order chi connectivity index (χ1) is 35.5. The number of aliphatic hydroxyl groups is 2. The molecule has 3 N–H and O–H groups in total. The van der Waals surface area contributed by atoms with Crippen LogP contribution >= 0.6 is 0 Å². The zero-order valence-electron chi connectivity index (χ0n) is 48.9. The lowest BCUT2D eigenvalue weighted by molar-refractivity contribution is -0.143. The molecular weight excluding hydrogens is 887 g/mol. The first kappa shape index (κ1) is 70.6. The molecule has 6 heteroatoms. The van der Waals surface area contributed by atoms with Crippen molar-refractivity contribution in [2.75, 3.05) is 13.2 Å². The van der Waals surface area contributed by atoms with Gasteiger partial charge in [-0.25, -0.2) is 0 Å². The van der Waals surface area contributed by atoms with Gasteiger partial charge in [0.1, 0.15) is 0 Å². The smallest absolute Gasteiger partial charge is 0.305 e. The summed E-state index contributed by atoms with van der Waals surface area (Å²) in [5, 5.41) is 23.1. The second kappa shape index (κ2) is 62.1. The fourth-order valence-electron chi connectivity index (χ4n) is 10.5. The first-order valence-electron chi connectivity index (χ1n) is 33.0. The number of esters is 1. The summed E-state index contributed by atoms with van der Waals surface area (Å²) in [6.45, 7) is 4.93. The van der Waals surface area contributed by atoms with Crippen molar-refractivity contribution in [1.29, 1.82) is 0 Å². The average molecular weight is 1020 g/mol. The van der Waals surface area contributed by atoms with Crippen LogP contribution in [0.15, 0.2) is 12.2 Å². The predicted molar refractivity (Wildman–Crippen MR) is 315 cm³/mol. The van der Waals surface area contributed by atoms with Gasteiger partial charge in [0.2, 0.25) is 5.91 Å². The predicted octanol–water partition coefficient (Wildman–Crippen LogP) is 20.8. The van der Waals surface area contributed by atoms with E-state index in [9.17, 15) is 19.8 Å². The Morgan fingerprint density at radius 3 is 0.944 bits per heavy atom. The van der Waals surface area contributed by atoms with Gasteiger partial charge in [0.15, 0.2) is 0 Å². The zero-order chi connectivity index (χ0) is 52.2. The molecule has 428 valence electrons. The van der Waals surface area contributed by atoms with Gasteiger partial charge in [-0.3, -0.25) is 9.59 Å². The molecule has 0 fully saturated rings. The van der Waals surface area contributed by atoms with E-state index < -0.39 is 12.1 Å². The van der Waals surface area contributed by atoms with Crippen molar-refractivity contribution < 1.29 is 24.5 Å². The molecule has 0 aromatic rings. The highest BCUT2D eigenvalue weighted by Gasteiger charge is 2.18. The summed E-state index contributed by atoms with van der Waals surface area (Å²) in [4.78, 5) is 24.5. The summed E-state index contributed by atoms with van der Waals surface area (Å²) >= 11 is 0. The number of nitrogens with one attached hydrogen (secondary N) is 1. The normalized spacial score (nSPS) is 12.6. The Balaban J connectivity index is 3.33. The van der Waals surface area contributed by atoms with Crippen LogP contribution in [0, 0.1) is 0 Å². The SMILES string of the molecule is CCCCCCCCCCCC/C=C/C(O)C(CO)NC(=O)CCCCCCCCCCCCCCCCCCCCCCCCCCCCOC(=O)CCCCCCCCCCCCCCCCCCC. The van der Waals surface area contributed by atoms with E-state index in [0.717, 1.165) is 38.5 Å². The molecule has 0 spiro atoms. The fourth-order valence-corrected chi connectivity index (χ4v) is 10.5. The lowest BCUT2D eigenvalue weighted by Gasteiger charge is -2.20. The maximum atomic E-state index is 12.4. The topological polar surface area (TPSA) is 95.9 Å². The maximum Gasteiger partial charge on any atom is 0.305 e. The highest BCUT2D eigenvalue weighted by molar-refractivity contribution is 5.76. The lowest BCUT2D eigenvalue weighted by Crippen LogP contribution is -2.45. The Labute approximate surface area is 450 Å². The molecule has 0 aliphatic rings. The van der Waals surface area contributed by atoms with E-state index in [0.29, 0.717) is 19.4 Å². The summed E-state index contributed by atoms with van der Waals surface area (Å²) < 4.78 is 5.50. The highest BCUT2D eigenvalue weighted by atomic mass is 16.5. The van der Waals surface area contributed by atoms with Crippen LogP contribution in [0.1, 0.15) is 373 Å². The molecule has 2 atom stereocenters. The molecule has 0 saturated carbocycles. The van der Waals surface area contributed by atoms with Gasteiger partial charge in [0.05, 0.1) is 25.4 Å². The van der Waals surface area contributed by atoms with Gasteiger partial charge >= 0.3 is 5.97 Å². The minimum Gasteiger partial charge on any atom is -0.466 e. The van der Waals surface area contributed by atoms with Crippen LogP contribution in [-0.4, -0.2) is 47.4 Å². The van der Waals surface area contributed by atoms with Gasteiger partial charge in [0.25, 0.3) is 0 Å². The number of rotatable bonds is 62. The maximum absolute atomic E-state index is 12.4. The van der Waals surface area contributed by atoms with Crippen molar-refractivity contribution in [3.8, 4) is 0 Å². The number of hydrogen-bond acceptors (Lipinski definition) is 5. The minimum atomic E-state index is -0.841. The molecular formula is C66H129NO5. The fraction of sp³-hybridized carbons (Fsp3) is 0.939. The molecule has 0 rings (SSSR count). The number of aliphatic hydroxyl groups excluding tert-OH is 2. The van der Waals surface area contributed by atoms with Gasteiger partial charge in [0, 0.05) is 12.8 Å². The third-order valence-corrected chi connectivity index (χ3v) is 15.6. The van der Waals surface area contributed by atoms with Crippen LogP contribution < -0.4 is 5.32 Å². The number of ether oxygens (including phenoxy) is 1. The van der Waals surface area contributed by atoms with Crippen molar-refractivity contribution in [2.45, 2.75) is 386 Å². The molecule has 0 bridgehead atoms.